The molecule has 0 heterocycles. The Hall–Kier alpha value is -2.00. The van der Waals surface area contributed by atoms with E-state index in [0.29, 0.717) is 10.8 Å². The number of rotatable bonds is 0. The Morgan fingerprint density at radius 3 is 1.40 bits per heavy atom. The molecule has 0 aromatic heterocycles. The first-order valence-corrected chi connectivity index (χ1v) is 6.41. The van der Waals surface area contributed by atoms with Crippen LogP contribution in [0, 0.1) is 0 Å². The van der Waals surface area contributed by atoms with E-state index in [-0.39, 0.29) is 11.5 Å². The average Bonchev–Trinajstić information content (AvgIpc) is 2.29. The van der Waals surface area contributed by atoms with Crippen molar-refractivity contribution in [2.24, 2.45) is 0 Å². The largest absolute Gasteiger partial charge is 0.522 e. The summed E-state index contributed by atoms with van der Waals surface area (Å²) >= 11 is 0. The zero-order chi connectivity index (χ0) is 15.6. The van der Waals surface area contributed by atoms with E-state index in [1.165, 1.54) is 0 Å². The molecule has 2 rings (SSSR count). The van der Waals surface area contributed by atoms with Crippen molar-refractivity contribution in [3.8, 4) is 11.5 Å². The van der Waals surface area contributed by atoms with Crippen molar-refractivity contribution in [2.75, 3.05) is 0 Å². The van der Waals surface area contributed by atoms with Gasteiger partial charge in [0.05, 0.1) is 0 Å². The molecule has 2 aromatic carbocycles. The fourth-order valence-electron chi connectivity index (χ4n) is 1.28. The monoisotopic (exact) mass is 310 g/mol. The number of fused-ring (bicyclic) bond motifs is 1. The molecule has 0 radical (unpaired) electrons. The number of hydrogen-bond acceptors (Lipinski definition) is 4. The van der Waals surface area contributed by atoms with Crippen molar-refractivity contribution in [1.82, 2.24) is 0 Å². The highest BCUT2D eigenvalue weighted by molar-refractivity contribution is 7.86. The number of halogens is 3. The SMILES string of the molecule is O=S(=O)(O)C(F)(F)F.Oc1cccc2c(O)cccc12. The van der Waals surface area contributed by atoms with E-state index in [4.69, 9.17) is 13.0 Å². The van der Waals surface area contributed by atoms with Crippen molar-refractivity contribution in [1.29, 1.82) is 0 Å². The molecule has 0 fully saturated rings. The van der Waals surface area contributed by atoms with Crippen molar-refractivity contribution < 1.29 is 36.4 Å². The maximum Gasteiger partial charge on any atom is 0.522 e. The lowest BCUT2D eigenvalue weighted by Crippen LogP contribution is -2.21. The summed E-state index contributed by atoms with van der Waals surface area (Å²) in [5, 5.41) is 20.1. The third-order valence-corrected chi connectivity index (χ3v) is 2.75. The lowest BCUT2D eigenvalue weighted by molar-refractivity contribution is -0.0510. The molecule has 0 atom stereocenters. The maximum absolute atomic E-state index is 10.7. The summed E-state index contributed by atoms with van der Waals surface area (Å²) in [4.78, 5) is 0. The zero-order valence-electron chi connectivity index (χ0n) is 9.66. The predicted molar refractivity (Wildman–Crippen MR) is 64.9 cm³/mol. The summed E-state index contributed by atoms with van der Waals surface area (Å²) in [5.41, 5.74) is -5.53. The first-order valence-electron chi connectivity index (χ1n) is 4.97. The van der Waals surface area contributed by atoms with Gasteiger partial charge in [-0.3, -0.25) is 4.55 Å². The molecule has 0 spiro atoms. The summed E-state index contributed by atoms with van der Waals surface area (Å²) in [6.07, 6.45) is 0. The smallest absolute Gasteiger partial charge is 0.507 e. The number of phenols is 2. The quantitative estimate of drug-likeness (QED) is 0.513. The molecule has 2 aromatic rings. The van der Waals surface area contributed by atoms with Gasteiger partial charge in [0.1, 0.15) is 11.5 Å². The highest BCUT2D eigenvalue weighted by atomic mass is 32.2. The molecule has 0 bridgehead atoms. The van der Waals surface area contributed by atoms with Crippen molar-refractivity contribution in [3.05, 3.63) is 36.4 Å². The summed E-state index contributed by atoms with van der Waals surface area (Å²) in [6.45, 7) is 0. The minimum absolute atomic E-state index is 0.198. The fraction of sp³-hybridized carbons (Fsp3) is 0.0909. The Morgan fingerprint density at radius 1 is 0.850 bits per heavy atom. The molecule has 0 saturated carbocycles. The highest BCUT2D eigenvalue weighted by Gasteiger charge is 2.44. The summed E-state index contributed by atoms with van der Waals surface area (Å²) in [7, 11) is -5.84. The second-order valence-corrected chi connectivity index (χ2v) is 4.98. The van der Waals surface area contributed by atoms with Gasteiger partial charge in [0, 0.05) is 10.8 Å². The van der Waals surface area contributed by atoms with Crippen molar-refractivity contribution in [2.45, 2.75) is 5.51 Å². The van der Waals surface area contributed by atoms with E-state index in [9.17, 15) is 23.4 Å². The molecule has 5 nitrogen and oxygen atoms in total. The van der Waals surface area contributed by atoms with Crippen LogP contribution in [0.2, 0.25) is 0 Å². The van der Waals surface area contributed by atoms with E-state index in [2.05, 4.69) is 0 Å². The molecular formula is C11H9F3O5S. The Bertz CT molecular complexity index is 668. The van der Waals surface area contributed by atoms with Gasteiger partial charge in [0.2, 0.25) is 0 Å². The van der Waals surface area contributed by atoms with Gasteiger partial charge in [-0.25, -0.2) is 0 Å². The van der Waals surface area contributed by atoms with Crippen LogP contribution in [0.5, 0.6) is 11.5 Å². The lowest BCUT2D eigenvalue weighted by atomic mass is 10.1. The van der Waals surface area contributed by atoms with Crippen LogP contribution in [0.3, 0.4) is 0 Å². The Morgan fingerprint density at radius 2 is 1.15 bits per heavy atom. The van der Waals surface area contributed by atoms with E-state index in [0.717, 1.165) is 0 Å². The molecule has 0 aliphatic rings. The van der Waals surface area contributed by atoms with Crippen LogP contribution in [0.4, 0.5) is 13.2 Å². The molecule has 0 amide bonds. The third kappa shape index (κ3) is 3.75. The second-order valence-electron chi connectivity index (χ2n) is 3.57. The first kappa shape index (κ1) is 16.1. The van der Waals surface area contributed by atoms with Crippen LogP contribution in [0.1, 0.15) is 0 Å². The second kappa shape index (κ2) is 5.55. The third-order valence-electron chi connectivity index (χ3n) is 2.17. The van der Waals surface area contributed by atoms with Gasteiger partial charge < -0.3 is 10.2 Å². The van der Waals surface area contributed by atoms with Crippen LogP contribution < -0.4 is 0 Å². The molecule has 0 saturated heterocycles. The van der Waals surface area contributed by atoms with Gasteiger partial charge in [-0.2, -0.15) is 21.6 Å². The molecule has 110 valence electrons. The summed E-state index contributed by atoms with van der Waals surface area (Å²) < 4.78 is 57.5. The van der Waals surface area contributed by atoms with Gasteiger partial charge >= 0.3 is 15.6 Å². The van der Waals surface area contributed by atoms with Crippen LogP contribution in [-0.2, 0) is 10.1 Å². The maximum atomic E-state index is 10.7. The lowest BCUT2D eigenvalue weighted by Gasteiger charge is -2.01. The van der Waals surface area contributed by atoms with Crippen molar-refractivity contribution in [3.63, 3.8) is 0 Å². The Labute approximate surface area is 111 Å². The molecule has 3 N–H and O–H groups in total. The van der Waals surface area contributed by atoms with Gasteiger partial charge in [-0.05, 0) is 12.1 Å². The molecule has 20 heavy (non-hydrogen) atoms. The summed E-state index contributed by atoms with van der Waals surface area (Å²) in [6, 6.07) is 10.1. The van der Waals surface area contributed by atoms with Gasteiger partial charge in [-0.1, -0.05) is 24.3 Å². The number of phenolic OH excluding ortho intramolecular Hbond substituents is 2. The minimum atomic E-state index is -5.84. The van der Waals surface area contributed by atoms with Gasteiger partial charge in [0.15, 0.2) is 0 Å². The molecule has 0 unspecified atom stereocenters. The Kier molecular flexibility index (Phi) is 4.46. The minimum Gasteiger partial charge on any atom is -0.507 e. The molecule has 0 aliphatic carbocycles. The van der Waals surface area contributed by atoms with Crippen molar-refractivity contribution >= 4 is 20.9 Å². The summed E-state index contributed by atoms with van der Waals surface area (Å²) in [5.74, 6) is 0.395. The van der Waals surface area contributed by atoms with Crippen LogP contribution in [-0.4, -0.2) is 28.7 Å². The fourth-order valence-corrected chi connectivity index (χ4v) is 1.28. The average molecular weight is 310 g/mol. The number of benzene rings is 2. The molecular weight excluding hydrogens is 301 g/mol. The zero-order valence-corrected chi connectivity index (χ0v) is 10.5. The first-order chi connectivity index (χ1) is 9.04. The topological polar surface area (TPSA) is 94.8 Å². The predicted octanol–water partition coefficient (Wildman–Crippen LogP) is 2.65. The number of hydrogen-bond donors (Lipinski definition) is 3. The molecule has 0 aliphatic heterocycles. The number of aromatic hydroxyl groups is 2. The Balaban J connectivity index is 0.000000221. The standard InChI is InChI=1S/C10H8O2.CHF3O3S/c11-9-5-1-3-7-8(9)4-2-6-10(7)12;2-1(3,4)8(5,6)7/h1-6,11-12H;(H,5,6,7). The van der Waals surface area contributed by atoms with Gasteiger partial charge in [0.25, 0.3) is 0 Å². The van der Waals surface area contributed by atoms with E-state index in [1.54, 1.807) is 36.4 Å². The van der Waals surface area contributed by atoms with E-state index in [1.807, 2.05) is 0 Å². The van der Waals surface area contributed by atoms with Crippen LogP contribution >= 0.6 is 0 Å². The molecule has 9 heteroatoms. The van der Waals surface area contributed by atoms with Crippen LogP contribution in [0.15, 0.2) is 36.4 Å². The normalized spacial score (nSPS) is 11.8. The number of alkyl halides is 3. The van der Waals surface area contributed by atoms with E-state index < -0.39 is 15.6 Å². The van der Waals surface area contributed by atoms with E-state index >= 15 is 0 Å². The van der Waals surface area contributed by atoms with Crippen LogP contribution in [0.25, 0.3) is 10.8 Å². The van der Waals surface area contributed by atoms with Gasteiger partial charge in [-0.15, -0.1) is 0 Å². The highest BCUT2D eigenvalue weighted by Crippen LogP contribution is 2.29.